The summed E-state index contributed by atoms with van der Waals surface area (Å²) in [6.45, 7) is 34.5. The van der Waals surface area contributed by atoms with Gasteiger partial charge in [-0.05, 0) is 66.5 Å². The topological polar surface area (TPSA) is 49.8 Å². The van der Waals surface area contributed by atoms with Gasteiger partial charge in [-0.2, -0.15) is 0 Å². The minimum atomic E-state index is -2.13. The zero-order valence-electron chi connectivity index (χ0n) is 26.3. The molecule has 1 fully saturated rings. The van der Waals surface area contributed by atoms with E-state index in [-0.39, 0.29) is 33.4 Å². The molecule has 1 aliphatic rings. The maximum atomic E-state index is 6.97. The van der Waals surface area contributed by atoms with Crippen molar-refractivity contribution in [2.45, 2.75) is 141 Å². The molecule has 0 aliphatic carbocycles. The number of hydrogen-bond acceptors (Lipinski definition) is 5. The summed E-state index contributed by atoms with van der Waals surface area (Å²) in [7, 11) is -6.10. The van der Waals surface area contributed by atoms with Crippen molar-refractivity contribution in [3.8, 4) is 5.88 Å². The molecule has 0 amide bonds. The zero-order valence-corrected chi connectivity index (χ0v) is 30.0. The zero-order chi connectivity index (χ0) is 28.8. The molecule has 0 unspecified atom stereocenters. The fourth-order valence-corrected chi connectivity index (χ4v) is 6.87. The lowest BCUT2D eigenvalue weighted by Gasteiger charge is -2.40. The van der Waals surface area contributed by atoms with Gasteiger partial charge in [0.2, 0.25) is 5.88 Å². The van der Waals surface area contributed by atoms with E-state index in [9.17, 15) is 0 Å². The predicted octanol–water partition coefficient (Wildman–Crippen LogP) is 9.36. The first-order valence-corrected chi connectivity index (χ1v) is 22.8. The second-order valence-electron chi connectivity index (χ2n) is 15.3. The quantitative estimate of drug-likeness (QED) is 0.224. The van der Waals surface area contributed by atoms with Crippen LogP contribution >= 0.6 is 11.6 Å². The molecule has 2 rings (SSSR count). The van der Waals surface area contributed by atoms with E-state index in [2.05, 4.69) is 107 Å². The van der Waals surface area contributed by atoms with Gasteiger partial charge in [-0.15, -0.1) is 0 Å². The van der Waals surface area contributed by atoms with E-state index in [4.69, 9.17) is 29.6 Å². The molecule has 0 saturated carbocycles. The number of hydrogen-bond donors (Lipinski definition) is 0. The normalized spacial score (nSPS) is 22.4. The van der Waals surface area contributed by atoms with Crippen LogP contribution in [0.25, 0.3) is 0 Å². The van der Waals surface area contributed by atoms with Crippen LogP contribution in [0.2, 0.25) is 59.5 Å². The summed E-state index contributed by atoms with van der Waals surface area (Å²) in [6, 6.07) is 3.85. The number of pyridine rings is 1. The predicted molar refractivity (Wildman–Crippen MR) is 165 cm³/mol. The first kappa shape index (κ1) is 33.0. The smallest absolute Gasteiger partial charge is 0.252 e. The van der Waals surface area contributed by atoms with Crippen molar-refractivity contribution in [2.24, 2.45) is 0 Å². The van der Waals surface area contributed by atoms with E-state index >= 15 is 0 Å². The minimum Gasteiger partial charge on any atom is -0.530 e. The maximum absolute atomic E-state index is 6.97. The average molecular weight is 588 g/mol. The Bertz CT molecular complexity index is 933. The molecule has 0 spiro atoms. The largest absolute Gasteiger partial charge is 0.530 e. The lowest BCUT2D eigenvalue weighted by molar-refractivity contribution is -0.0169. The lowest BCUT2D eigenvalue weighted by atomic mass is 10.1. The highest BCUT2D eigenvalue weighted by Crippen LogP contribution is 2.46. The Morgan fingerprint density at radius 1 is 0.838 bits per heavy atom. The van der Waals surface area contributed by atoms with Crippen LogP contribution < -0.4 is 4.43 Å². The van der Waals surface area contributed by atoms with Crippen molar-refractivity contribution in [1.29, 1.82) is 0 Å². The second-order valence-corrected chi connectivity index (χ2v) is 30.0. The number of nitrogens with zero attached hydrogens (tertiary/aromatic N) is 1. The molecular weight excluding hydrogens is 534 g/mol. The van der Waals surface area contributed by atoms with E-state index in [1.165, 1.54) is 0 Å². The van der Waals surface area contributed by atoms with Crippen LogP contribution in [0.1, 0.15) is 80.4 Å². The van der Waals surface area contributed by atoms with Crippen LogP contribution in [-0.2, 0) is 13.6 Å². The number of aromatic nitrogens is 1. The molecule has 0 aromatic carbocycles. The van der Waals surface area contributed by atoms with Crippen LogP contribution in [0.3, 0.4) is 0 Å². The van der Waals surface area contributed by atoms with Crippen molar-refractivity contribution in [3.63, 3.8) is 0 Å². The van der Waals surface area contributed by atoms with Gasteiger partial charge in [0.15, 0.2) is 16.6 Å². The van der Waals surface area contributed by atoms with Gasteiger partial charge >= 0.3 is 0 Å². The Hall–Kier alpha value is -0.229. The highest BCUT2D eigenvalue weighted by molar-refractivity contribution is 6.75. The summed E-state index contributed by atoms with van der Waals surface area (Å²) < 4.78 is 27.1. The molecule has 0 bridgehead atoms. The van der Waals surface area contributed by atoms with Gasteiger partial charge in [-0.1, -0.05) is 73.9 Å². The van der Waals surface area contributed by atoms with Gasteiger partial charge in [0.25, 0.3) is 8.32 Å². The molecule has 5 nitrogen and oxygen atoms in total. The van der Waals surface area contributed by atoms with Crippen LogP contribution in [0.5, 0.6) is 5.88 Å². The van der Waals surface area contributed by atoms with E-state index in [1.54, 1.807) is 0 Å². The molecule has 1 aliphatic heterocycles. The molecule has 1 aromatic rings. The van der Waals surface area contributed by atoms with Gasteiger partial charge in [0.1, 0.15) is 11.3 Å². The molecule has 0 N–H and O–H groups in total. The van der Waals surface area contributed by atoms with Crippen molar-refractivity contribution in [2.75, 3.05) is 6.61 Å². The Kier molecular flexibility index (Phi) is 9.78. The van der Waals surface area contributed by atoms with Crippen LogP contribution in [-0.4, -0.2) is 48.8 Å². The number of rotatable bonds is 8. The first-order chi connectivity index (χ1) is 16.4. The van der Waals surface area contributed by atoms with Gasteiger partial charge in [-0.3, -0.25) is 0 Å². The van der Waals surface area contributed by atoms with Crippen LogP contribution in [0, 0.1) is 0 Å². The Morgan fingerprint density at radius 3 is 1.84 bits per heavy atom. The third kappa shape index (κ3) is 7.92. The lowest BCUT2D eigenvalue weighted by Crippen LogP contribution is -2.48. The standard InChI is InChI=1S/C28H54ClNO4Si3/c1-26(2,3)35(10,11)31-19-23-22(33-36(12,13)27(4,5)6)18-21(32-23)20-16-17-24(29)30-25(20)34-37(14,15)28(7,8)9/h16-17,21-23H,18-19H2,1-15H3/t21-,22+,23-/m1/s1. The molecule has 214 valence electrons. The molecule has 1 saturated heterocycles. The fourth-order valence-electron chi connectivity index (χ4n) is 3.40. The Morgan fingerprint density at radius 2 is 1.35 bits per heavy atom. The van der Waals surface area contributed by atoms with Crippen LogP contribution in [0.15, 0.2) is 12.1 Å². The van der Waals surface area contributed by atoms with Gasteiger partial charge < -0.3 is 18.0 Å². The average Bonchev–Trinajstić information content (AvgIpc) is 3.05. The molecule has 3 atom stereocenters. The van der Waals surface area contributed by atoms with E-state index in [0.29, 0.717) is 17.6 Å². The summed E-state index contributed by atoms with van der Waals surface area (Å²) in [5.74, 6) is 0.598. The molecule has 37 heavy (non-hydrogen) atoms. The van der Waals surface area contributed by atoms with Crippen molar-refractivity contribution in [1.82, 2.24) is 4.98 Å². The highest BCUT2D eigenvalue weighted by Gasteiger charge is 2.47. The summed E-state index contributed by atoms with van der Waals surface area (Å²) >= 11 is 6.35. The summed E-state index contributed by atoms with van der Waals surface area (Å²) in [4.78, 5) is 4.64. The molecule has 2 heterocycles. The minimum absolute atomic E-state index is 0.0400. The second kappa shape index (κ2) is 11.0. The highest BCUT2D eigenvalue weighted by atomic mass is 35.5. The fraction of sp³-hybridized carbons (Fsp3) is 0.821. The van der Waals surface area contributed by atoms with Gasteiger partial charge in [-0.25, -0.2) is 4.98 Å². The molecule has 9 heteroatoms. The third-order valence-corrected chi connectivity index (χ3v) is 22.8. The molecule has 0 radical (unpaired) electrons. The Balaban J connectivity index is 2.42. The van der Waals surface area contributed by atoms with E-state index in [0.717, 1.165) is 12.0 Å². The van der Waals surface area contributed by atoms with E-state index in [1.807, 2.05) is 12.1 Å². The number of ether oxygens (including phenoxy) is 1. The SMILES string of the molecule is CC(C)(C)[Si](C)(C)OC[C@H]1O[C@@H](c2ccc(Cl)nc2O[Si](C)(C)C(C)(C)C)C[C@@H]1O[Si](C)(C)C(C)(C)C. The first-order valence-electron chi connectivity index (χ1n) is 13.7. The van der Waals surface area contributed by atoms with Crippen LogP contribution in [0.4, 0.5) is 0 Å². The van der Waals surface area contributed by atoms with Crippen molar-refractivity contribution in [3.05, 3.63) is 22.8 Å². The number of halogens is 1. The monoisotopic (exact) mass is 587 g/mol. The summed E-state index contributed by atoms with van der Waals surface area (Å²) in [5, 5.41) is 0.708. The third-order valence-electron chi connectivity index (χ3n) is 9.23. The van der Waals surface area contributed by atoms with Gasteiger partial charge in [0.05, 0.1) is 18.8 Å². The van der Waals surface area contributed by atoms with E-state index < -0.39 is 25.0 Å². The summed E-state index contributed by atoms with van der Waals surface area (Å²) in [5.41, 5.74) is 0.952. The van der Waals surface area contributed by atoms with Crippen molar-refractivity contribution < 1.29 is 18.0 Å². The van der Waals surface area contributed by atoms with Crippen molar-refractivity contribution >= 4 is 36.6 Å². The molecular formula is C28H54ClNO4Si3. The molecule has 1 aromatic heterocycles. The Labute approximate surface area is 235 Å². The van der Waals surface area contributed by atoms with Gasteiger partial charge in [0, 0.05) is 12.0 Å². The maximum Gasteiger partial charge on any atom is 0.252 e. The summed E-state index contributed by atoms with van der Waals surface area (Å²) in [6.07, 6.45) is 0.360.